The van der Waals surface area contributed by atoms with Gasteiger partial charge in [0.2, 0.25) is 0 Å². The standard InChI is InChI=1S/C17H21N3O2/c1-13-11-15(19-22-13)17(21)18-12-16(20-9-5-6-10-20)14-7-3-2-4-8-14/h2-4,7-8,11,16H,5-6,9-10,12H2,1H3,(H,18,21). The zero-order valence-electron chi connectivity index (χ0n) is 12.8. The molecule has 5 heteroatoms. The lowest BCUT2D eigenvalue weighted by atomic mass is 10.1. The van der Waals surface area contributed by atoms with E-state index in [4.69, 9.17) is 4.52 Å². The molecule has 116 valence electrons. The van der Waals surface area contributed by atoms with Gasteiger partial charge in [0.05, 0.1) is 6.04 Å². The van der Waals surface area contributed by atoms with Gasteiger partial charge >= 0.3 is 0 Å². The monoisotopic (exact) mass is 299 g/mol. The molecule has 1 saturated heterocycles. The molecular weight excluding hydrogens is 278 g/mol. The molecule has 5 nitrogen and oxygen atoms in total. The molecule has 1 fully saturated rings. The summed E-state index contributed by atoms with van der Waals surface area (Å²) in [4.78, 5) is 14.6. The van der Waals surface area contributed by atoms with Gasteiger partial charge in [-0.3, -0.25) is 9.69 Å². The van der Waals surface area contributed by atoms with Crippen molar-refractivity contribution in [2.24, 2.45) is 0 Å². The molecule has 1 aliphatic rings. The summed E-state index contributed by atoms with van der Waals surface area (Å²) in [7, 11) is 0. The largest absolute Gasteiger partial charge is 0.361 e. The van der Waals surface area contributed by atoms with E-state index in [1.165, 1.54) is 18.4 Å². The maximum atomic E-state index is 12.2. The third-order valence-electron chi connectivity index (χ3n) is 4.08. The van der Waals surface area contributed by atoms with Crippen LogP contribution in [-0.4, -0.2) is 35.6 Å². The highest BCUT2D eigenvalue weighted by Crippen LogP contribution is 2.24. The van der Waals surface area contributed by atoms with Crippen molar-refractivity contribution in [2.45, 2.75) is 25.8 Å². The first-order valence-corrected chi connectivity index (χ1v) is 7.74. The van der Waals surface area contributed by atoms with Crippen LogP contribution in [0.1, 0.15) is 40.7 Å². The number of benzene rings is 1. The van der Waals surface area contributed by atoms with Crippen LogP contribution < -0.4 is 5.32 Å². The second kappa shape index (κ2) is 6.75. The minimum atomic E-state index is -0.183. The second-order valence-corrected chi connectivity index (χ2v) is 5.70. The van der Waals surface area contributed by atoms with E-state index in [1.807, 2.05) is 18.2 Å². The van der Waals surface area contributed by atoms with Crippen molar-refractivity contribution in [1.82, 2.24) is 15.4 Å². The van der Waals surface area contributed by atoms with Gasteiger partial charge < -0.3 is 9.84 Å². The molecule has 0 bridgehead atoms. The summed E-state index contributed by atoms with van der Waals surface area (Å²) in [6, 6.07) is 12.2. The Morgan fingerprint density at radius 2 is 2.05 bits per heavy atom. The fourth-order valence-electron chi connectivity index (χ4n) is 2.94. The molecule has 3 rings (SSSR count). The quantitative estimate of drug-likeness (QED) is 0.922. The Bertz CT molecular complexity index is 618. The number of hydrogen-bond donors (Lipinski definition) is 1. The Hall–Kier alpha value is -2.14. The fraction of sp³-hybridized carbons (Fsp3) is 0.412. The fourth-order valence-corrected chi connectivity index (χ4v) is 2.94. The number of aryl methyl sites for hydroxylation is 1. The lowest BCUT2D eigenvalue weighted by Gasteiger charge is -2.28. The van der Waals surface area contributed by atoms with Crippen molar-refractivity contribution >= 4 is 5.91 Å². The number of carbonyl (C=O) groups excluding carboxylic acids is 1. The maximum Gasteiger partial charge on any atom is 0.273 e. The predicted molar refractivity (Wildman–Crippen MR) is 83.6 cm³/mol. The number of likely N-dealkylation sites (tertiary alicyclic amines) is 1. The highest BCUT2D eigenvalue weighted by Gasteiger charge is 2.24. The van der Waals surface area contributed by atoms with Gasteiger partial charge in [0.15, 0.2) is 5.69 Å². The van der Waals surface area contributed by atoms with Gasteiger partial charge in [-0.15, -0.1) is 0 Å². The summed E-state index contributed by atoms with van der Waals surface area (Å²) < 4.78 is 4.96. The number of carbonyl (C=O) groups is 1. The molecular formula is C17H21N3O2. The van der Waals surface area contributed by atoms with Gasteiger partial charge in [-0.25, -0.2) is 0 Å². The number of amides is 1. The van der Waals surface area contributed by atoms with Crippen LogP contribution in [0.2, 0.25) is 0 Å². The molecule has 1 aromatic carbocycles. The molecule has 0 aliphatic carbocycles. The van der Waals surface area contributed by atoms with E-state index in [0.717, 1.165) is 13.1 Å². The summed E-state index contributed by atoms with van der Waals surface area (Å²) in [5.41, 5.74) is 1.58. The highest BCUT2D eigenvalue weighted by atomic mass is 16.5. The highest BCUT2D eigenvalue weighted by molar-refractivity contribution is 5.92. The Kier molecular flexibility index (Phi) is 4.53. The first-order valence-electron chi connectivity index (χ1n) is 7.74. The number of hydrogen-bond acceptors (Lipinski definition) is 4. The van der Waals surface area contributed by atoms with Gasteiger partial charge in [-0.2, -0.15) is 0 Å². The van der Waals surface area contributed by atoms with Gasteiger partial charge in [0.1, 0.15) is 5.76 Å². The molecule has 0 spiro atoms. The van der Waals surface area contributed by atoms with Crippen LogP contribution in [0.4, 0.5) is 0 Å². The van der Waals surface area contributed by atoms with E-state index in [1.54, 1.807) is 13.0 Å². The zero-order chi connectivity index (χ0) is 15.4. The Morgan fingerprint density at radius 3 is 2.68 bits per heavy atom. The van der Waals surface area contributed by atoms with Crippen LogP contribution in [-0.2, 0) is 0 Å². The summed E-state index contributed by atoms with van der Waals surface area (Å²) in [5.74, 6) is 0.460. The van der Waals surface area contributed by atoms with Gasteiger partial charge in [0, 0.05) is 12.6 Å². The second-order valence-electron chi connectivity index (χ2n) is 5.70. The minimum absolute atomic E-state index is 0.183. The summed E-state index contributed by atoms with van der Waals surface area (Å²) >= 11 is 0. The van der Waals surface area contributed by atoms with E-state index in [2.05, 4.69) is 27.5 Å². The molecule has 1 unspecified atom stereocenters. The number of rotatable bonds is 5. The van der Waals surface area contributed by atoms with Crippen molar-refractivity contribution in [2.75, 3.05) is 19.6 Å². The minimum Gasteiger partial charge on any atom is -0.361 e. The first kappa shape index (κ1) is 14.8. The van der Waals surface area contributed by atoms with Crippen LogP contribution in [0, 0.1) is 6.92 Å². The molecule has 1 N–H and O–H groups in total. The van der Waals surface area contributed by atoms with Gasteiger partial charge in [0.25, 0.3) is 5.91 Å². The molecule has 1 aliphatic heterocycles. The first-order chi connectivity index (χ1) is 10.7. The van der Waals surface area contributed by atoms with Gasteiger partial charge in [-0.05, 0) is 38.4 Å². The van der Waals surface area contributed by atoms with Crippen LogP contribution >= 0.6 is 0 Å². The third kappa shape index (κ3) is 3.36. The van der Waals surface area contributed by atoms with E-state index in [9.17, 15) is 4.79 Å². The number of nitrogens with one attached hydrogen (secondary N) is 1. The summed E-state index contributed by atoms with van der Waals surface area (Å²) in [6.45, 7) is 4.52. The van der Waals surface area contributed by atoms with Crippen LogP contribution in [0.5, 0.6) is 0 Å². The van der Waals surface area contributed by atoms with Crippen LogP contribution in [0.3, 0.4) is 0 Å². The predicted octanol–water partition coefficient (Wildman–Crippen LogP) is 2.55. The van der Waals surface area contributed by atoms with E-state index in [-0.39, 0.29) is 11.9 Å². The van der Waals surface area contributed by atoms with Crippen molar-refractivity contribution in [3.8, 4) is 0 Å². The average Bonchev–Trinajstić information content (AvgIpc) is 3.20. The maximum absolute atomic E-state index is 12.2. The molecule has 2 aromatic rings. The SMILES string of the molecule is Cc1cc(C(=O)NCC(c2ccccc2)N2CCCC2)no1. The summed E-state index contributed by atoms with van der Waals surface area (Å²) in [5, 5.41) is 6.75. The van der Waals surface area contributed by atoms with Crippen LogP contribution in [0.25, 0.3) is 0 Å². The Labute approximate surface area is 130 Å². The van der Waals surface area contributed by atoms with Crippen molar-refractivity contribution in [1.29, 1.82) is 0 Å². The van der Waals surface area contributed by atoms with Gasteiger partial charge in [-0.1, -0.05) is 35.5 Å². The molecule has 1 amide bonds. The van der Waals surface area contributed by atoms with E-state index < -0.39 is 0 Å². The molecule has 1 atom stereocenters. The molecule has 0 radical (unpaired) electrons. The lowest BCUT2D eigenvalue weighted by Crippen LogP contribution is -2.36. The Balaban J connectivity index is 1.69. The van der Waals surface area contributed by atoms with Crippen molar-refractivity contribution in [3.05, 3.63) is 53.4 Å². The van der Waals surface area contributed by atoms with Crippen LogP contribution in [0.15, 0.2) is 40.9 Å². The smallest absolute Gasteiger partial charge is 0.273 e. The molecule has 0 saturated carbocycles. The number of nitrogens with zero attached hydrogens (tertiary/aromatic N) is 2. The van der Waals surface area contributed by atoms with E-state index >= 15 is 0 Å². The lowest BCUT2D eigenvalue weighted by molar-refractivity contribution is 0.0929. The van der Waals surface area contributed by atoms with Crippen molar-refractivity contribution in [3.63, 3.8) is 0 Å². The molecule has 1 aromatic heterocycles. The normalized spacial score (nSPS) is 16.6. The van der Waals surface area contributed by atoms with Crippen molar-refractivity contribution < 1.29 is 9.32 Å². The Morgan fingerprint density at radius 1 is 1.32 bits per heavy atom. The topological polar surface area (TPSA) is 58.4 Å². The zero-order valence-corrected chi connectivity index (χ0v) is 12.8. The van der Waals surface area contributed by atoms with E-state index in [0.29, 0.717) is 18.0 Å². The number of aromatic nitrogens is 1. The average molecular weight is 299 g/mol. The molecule has 22 heavy (non-hydrogen) atoms. The third-order valence-corrected chi connectivity index (χ3v) is 4.08. The molecule has 2 heterocycles. The summed E-state index contributed by atoms with van der Waals surface area (Å²) in [6.07, 6.45) is 2.44.